The van der Waals surface area contributed by atoms with E-state index in [0.717, 1.165) is 12.0 Å². The zero-order chi connectivity index (χ0) is 14.9. The topological polar surface area (TPSA) is 32.5 Å². The largest absolute Gasteiger partial charge is 0.326 e. The van der Waals surface area contributed by atoms with Gasteiger partial charge in [-0.2, -0.15) is 0 Å². The fourth-order valence-electron chi connectivity index (χ4n) is 4.25. The quantitative estimate of drug-likeness (QED) is 0.863. The summed E-state index contributed by atoms with van der Waals surface area (Å²) in [5.41, 5.74) is 6.93. The number of nitrogens with two attached hydrogens (primary N) is 1. The van der Waals surface area contributed by atoms with E-state index in [2.05, 4.69) is 44.7 Å². The lowest BCUT2D eigenvalue weighted by Gasteiger charge is -2.46. The van der Waals surface area contributed by atoms with Crippen LogP contribution in [-0.2, 0) is 0 Å². The van der Waals surface area contributed by atoms with E-state index in [1.54, 1.807) is 0 Å². The summed E-state index contributed by atoms with van der Waals surface area (Å²) in [5, 5.41) is 0. The Labute approximate surface area is 125 Å². The number of likely N-dealkylation sites (N-methyl/N-ethyl adjacent to an activating group) is 1. The van der Waals surface area contributed by atoms with Gasteiger partial charge in [0.05, 0.1) is 0 Å². The van der Waals surface area contributed by atoms with E-state index in [9.17, 15) is 0 Å². The molecule has 0 aromatic rings. The van der Waals surface area contributed by atoms with Crippen molar-refractivity contribution in [2.75, 3.05) is 27.2 Å². The van der Waals surface area contributed by atoms with Crippen molar-refractivity contribution in [1.82, 2.24) is 9.80 Å². The van der Waals surface area contributed by atoms with Gasteiger partial charge in [0, 0.05) is 24.7 Å². The summed E-state index contributed by atoms with van der Waals surface area (Å²) in [6.45, 7) is 9.63. The first-order chi connectivity index (χ1) is 9.29. The summed E-state index contributed by atoms with van der Waals surface area (Å²) in [4.78, 5) is 5.08. The highest BCUT2D eigenvalue weighted by molar-refractivity contribution is 4.96. The van der Waals surface area contributed by atoms with Gasteiger partial charge in [0.2, 0.25) is 0 Å². The summed E-state index contributed by atoms with van der Waals surface area (Å²) in [6.07, 6.45) is 6.52. The summed E-state index contributed by atoms with van der Waals surface area (Å²) >= 11 is 0. The van der Waals surface area contributed by atoms with Gasteiger partial charge in [-0.1, -0.05) is 20.8 Å². The molecule has 0 aromatic carbocycles. The molecular formula is C17H35N3. The van der Waals surface area contributed by atoms with Crippen LogP contribution in [0.3, 0.4) is 0 Å². The molecule has 0 spiro atoms. The van der Waals surface area contributed by atoms with E-state index in [1.807, 2.05) is 0 Å². The molecule has 3 heteroatoms. The minimum absolute atomic E-state index is 0.386. The molecular weight excluding hydrogens is 246 g/mol. The second-order valence-electron chi connectivity index (χ2n) is 8.40. The highest BCUT2D eigenvalue weighted by Crippen LogP contribution is 2.40. The van der Waals surface area contributed by atoms with Crippen molar-refractivity contribution in [2.45, 2.75) is 71.0 Å². The third-order valence-corrected chi connectivity index (χ3v) is 5.52. The third kappa shape index (κ3) is 3.75. The highest BCUT2D eigenvalue weighted by atomic mass is 15.3. The Balaban J connectivity index is 2.04. The predicted octanol–water partition coefficient (Wildman–Crippen LogP) is 2.55. The average Bonchev–Trinajstić information content (AvgIpc) is 2.75. The number of rotatable bonds is 3. The average molecular weight is 281 g/mol. The number of nitrogens with zero attached hydrogens (tertiary/aromatic N) is 2. The Morgan fingerprint density at radius 2 is 1.85 bits per heavy atom. The van der Waals surface area contributed by atoms with Gasteiger partial charge >= 0.3 is 0 Å². The van der Waals surface area contributed by atoms with Crippen LogP contribution in [0.5, 0.6) is 0 Å². The molecule has 0 radical (unpaired) electrons. The van der Waals surface area contributed by atoms with Gasteiger partial charge in [-0.15, -0.1) is 0 Å². The Morgan fingerprint density at radius 3 is 2.45 bits per heavy atom. The molecule has 2 rings (SSSR count). The van der Waals surface area contributed by atoms with Crippen molar-refractivity contribution >= 4 is 0 Å². The minimum atomic E-state index is 0.386. The van der Waals surface area contributed by atoms with E-state index < -0.39 is 0 Å². The summed E-state index contributed by atoms with van der Waals surface area (Å²) in [5.74, 6) is 0.827. The SMILES string of the molecule is CN(C)CC1CCCN1C1CC(C(C)(C)C)CCC1N. The number of likely N-dealkylation sites (tertiary alicyclic amines) is 1. The Bertz CT molecular complexity index is 308. The van der Waals surface area contributed by atoms with E-state index in [0.29, 0.717) is 17.5 Å². The standard InChI is InChI=1S/C17H35N3/c1-17(2,3)13-8-9-15(18)16(11-13)20-10-6-7-14(20)12-19(4)5/h13-16H,6-12,18H2,1-5H3. The van der Waals surface area contributed by atoms with Gasteiger partial charge in [0.1, 0.15) is 0 Å². The number of hydrogen-bond donors (Lipinski definition) is 1. The molecule has 4 unspecified atom stereocenters. The lowest BCUT2D eigenvalue weighted by atomic mass is 9.69. The van der Waals surface area contributed by atoms with E-state index in [-0.39, 0.29) is 0 Å². The van der Waals surface area contributed by atoms with E-state index >= 15 is 0 Å². The summed E-state index contributed by atoms with van der Waals surface area (Å²) in [7, 11) is 4.38. The molecule has 2 fully saturated rings. The molecule has 118 valence electrons. The first-order valence-corrected chi connectivity index (χ1v) is 8.45. The van der Waals surface area contributed by atoms with Crippen molar-refractivity contribution in [3.05, 3.63) is 0 Å². The maximum Gasteiger partial charge on any atom is 0.0253 e. The zero-order valence-electron chi connectivity index (χ0n) is 14.2. The molecule has 0 amide bonds. The molecule has 1 aliphatic heterocycles. The first kappa shape index (κ1) is 16.3. The predicted molar refractivity (Wildman–Crippen MR) is 86.8 cm³/mol. The smallest absolute Gasteiger partial charge is 0.0253 e. The molecule has 1 saturated carbocycles. The third-order valence-electron chi connectivity index (χ3n) is 5.52. The minimum Gasteiger partial charge on any atom is -0.326 e. The van der Waals surface area contributed by atoms with E-state index in [4.69, 9.17) is 5.73 Å². The zero-order valence-corrected chi connectivity index (χ0v) is 14.2. The Kier molecular flexibility index (Phi) is 5.14. The van der Waals surface area contributed by atoms with Crippen LogP contribution in [0.4, 0.5) is 0 Å². The molecule has 4 atom stereocenters. The fraction of sp³-hybridized carbons (Fsp3) is 1.00. The Hall–Kier alpha value is -0.120. The van der Waals surface area contributed by atoms with Gasteiger partial charge in [-0.25, -0.2) is 0 Å². The van der Waals surface area contributed by atoms with Gasteiger partial charge in [0.15, 0.2) is 0 Å². The lowest BCUT2D eigenvalue weighted by Crippen LogP contribution is -2.55. The van der Waals surface area contributed by atoms with Crippen molar-refractivity contribution in [1.29, 1.82) is 0 Å². The highest BCUT2D eigenvalue weighted by Gasteiger charge is 2.40. The van der Waals surface area contributed by atoms with Gasteiger partial charge in [-0.05, 0) is 64.1 Å². The Morgan fingerprint density at radius 1 is 1.15 bits per heavy atom. The molecule has 20 heavy (non-hydrogen) atoms. The second kappa shape index (κ2) is 6.33. The normalized spacial score (nSPS) is 36.8. The molecule has 1 saturated heterocycles. The molecule has 0 aromatic heterocycles. The first-order valence-electron chi connectivity index (χ1n) is 8.45. The van der Waals surface area contributed by atoms with Crippen molar-refractivity contribution in [3.8, 4) is 0 Å². The van der Waals surface area contributed by atoms with Crippen molar-refractivity contribution in [2.24, 2.45) is 17.1 Å². The van der Waals surface area contributed by atoms with E-state index in [1.165, 1.54) is 45.2 Å². The van der Waals surface area contributed by atoms with Gasteiger partial charge in [0.25, 0.3) is 0 Å². The van der Waals surface area contributed by atoms with Crippen LogP contribution in [0.15, 0.2) is 0 Å². The molecule has 0 bridgehead atoms. The van der Waals surface area contributed by atoms with Crippen LogP contribution < -0.4 is 5.73 Å². The van der Waals surface area contributed by atoms with Crippen LogP contribution in [0.2, 0.25) is 0 Å². The van der Waals surface area contributed by atoms with Crippen molar-refractivity contribution in [3.63, 3.8) is 0 Å². The maximum atomic E-state index is 6.50. The van der Waals surface area contributed by atoms with Crippen LogP contribution >= 0.6 is 0 Å². The van der Waals surface area contributed by atoms with Gasteiger partial charge < -0.3 is 10.6 Å². The molecule has 2 N–H and O–H groups in total. The molecule has 1 aliphatic carbocycles. The van der Waals surface area contributed by atoms with Crippen molar-refractivity contribution < 1.29 is 0 Å². The number of hydrogen-bond acceptors (Lipinski definition) is 3. The van der Waals surface area contributed by atoms with Crippen LogP contribution in [0.25, 0.3) is 0 Å². The molecule has 2 aliphatic rings. The molecule has 3 nitrogen and oxygen atoms in total. The van der Waals surface area contributed by atoms with Gasteiger partial charge in [-0.3, -0.25) is 4.90 Å². The fourth-order valence-corrected chi connectivity index (χ4v) is 4.25. The van der Waals surface area contributed by atoms with Crippen LogP contribution in [0, 0.1) is 11.3 Å². The summed E-state index contributed by atoms with van der Waals surface area (Å²) in [6, 6.07) is 1.72. The second-order valence-corrected chi connectivity index (χ2v) is 8.40. The summed E-state index contributed by atoms with van der Waals surface area (Å²) < 4.78 is 0. The molecule has 1 heterocycles. The lowest BCUT2D eigenvalue weighted by molar-refractivity contribution is 0.0552. The maximum absolute atomic E-state index is 6.50. The monoisotopic (exact) mass is 281 g/mol. The van der Waals surface area contributed by atoms with Crippen LogP contribution in [-0.4, -0.2) is 55.1 Å². The van der Waals surface area contributed by atoms with Crippen LogP contribution in [0.1, 0.15) is 52.9 Å².